The number of H-pyrrole nitrogens is 1. The van der Waals surface area contributed by atoms with Crippen LogP contribution in [-0.4, -0.2) is 19.1 Å². The molecule has 17 heavy (non-hydrogen) atoms. The van der Waals surface area contributed by atoms with Crippen LogP contribution >= 0.6 is 0 Å². The Morgan fingerprint density at radius 1 is 1.35 bits per heavy atom. The summed E-state index contributed by atoms with van der Waals surface area (Å²) in [5.74, 6) is 0.757. The van der Waals surface area contributed by atoms with Crippen LogP contribution in [0.1, 0.15) is 18.5 Å². The van der Waals surface area contributed by atoms with E-state index in [4.69, 9.17) is 4.74 Å². The first-order valence-corrected chi connectivity index (χ1v) is 5.54. The summed E-state index contributed by atoms with van der Waals surface area (Å²) in [4.78, 5) is 14.5. The molecule has 0 aliphatic heterocycles. The molecular formula is C13H16N2O2. The normalized spacial score (nSPS) is 12.6. The Hall–Kier alpha value is -1.81. The Balaban J connectivity index is 2.76. The van der Waals surface area contributed by atoms with Crippen LogP contribution in [-0.2, 0) is 0 Å². The molecular weight excluding hydrogens is 216 g/mol. The maximum atomic E-state index is 11.7. The van der Waals surface area contributed by atoms with Gasteiger partial charge in [0.05, 0.1) is 7.11 Å². The lowest BCUT2D eigenvalue weighted by atomic mass is 10.0. The minimum absolute atomic E-state index is 0.0743. The second-order valence-electron chi connectivity index (χ2n) is 4.00. The number of fused-ring (bicyclic) bond motifs is 1. The number of ether oxygens (including phenoxy) is 1. The van der Waals surface area contributed by atoms with E-state index in [0.29, 0.717) is 5.39 Å². The first-order chi connectivity index (χ1) is 8.17. The van der Waals surface area contributed by atoms with Crippen LogP contribution in [0.4, 0.5) is 0 Å². The lowest BCUT2D eigenvalue weighted by Gasteiger charge is -2.13. The van der Waals surface area contributed by atoms with E-state index in [0.717, 1.165) is 16.7 Å². The lowest BCUT2D eigenvalue weighted by molar-refractivity contribution is 0.415. The molecule has 4 heteroatoms. The SMILES string of the molecule is CNC(C)c1c[nH]c(=O)c2ccc(OC)cc12. The highest BCUT2D eigenvalue weighted by molar-refractivity contribution is 5.86. The van der Waals surface area contributed by atoms with E-state index in [2.05, 4.69) is 10.3 Å². The van der Waals surface area contributed by atoms with Crippen LogP contribution in [0.15, 0.2) is 29.2 Å². The van der Waals surface area contributed by atoms with Crippen molar-refractivity contribution in [3.8, 4) is 5.75 Å². The average molecular weight is 232 g/mol. The van der Waals surface area contributed by atoms with E-state index < -0.39 is 0 Å². The third-order valence-corrected chi connectivity index (χ3v) is 3.04. The minimum Gasteiger partial charge on any atom is -0.497 e. The van der Waals surface area contributed by atoms with E-state index in [-0.39, 0.29) is 11.6 Å². The van der Waals surface area contributed by atoms with E-state index in [1.807, 2.05) is 20.0 Å². The first-order valence-electron chi connectivity index (χ1n) is 5.54. The van der Waals surface area contributed by atoms with Gasteiger partial charge < -0.3 is 15.0 Å². The Kier molecular flexibility index (Phi) is 3.15. The molecule has 1 atom stereocenters. The predicted molar refractivity (Wildman–Crippen MR) is 68.6 cm³/mol. The second-order valence-corrected chi connectivity index (χ2v) is 4.00. The van der Waals surface area contributed by atoms with E-state index in [1.54, 1.807) is 25.4 Å². The quantitative estimate of drug-likeness (QED) is 0.848. The molecule has 0 saturated carbocycles. The maximum Gasteiger partial charge on any atom is 0.255 e. The van der Waals surface area contributed by atoms with Crippen LogP contribution in [0.25, 0.3) is 10.8 Å². The number of hydrogen-bond donors (Lipinski definition) is 2. The van der Waals surface area contributed by atoms with Gasteiger partial charge in [0.2, 0.25) is 0 Å². The molecule has 2 N–H and O–H groups in total. The van der Waals surface area contributed by atoms with Crippen molar-refractivity contribution in [2.24, 2.45) is 0 Å². The average Bonchev–Trinajstić information content (AvgIpc) is 2.38. The van der Waals surface area contributed by atoms with Crippen LogP contribution in [0.3, 0.4) is 0 Å². The van der Waals surface area contributed by atoms with Gasteiger partial charge >= 0.3 is 0 Å². The number of nitrogens with one attached hydrogen (secondary N) is 2. The maximum absolute atomic E-state index is 11.7. The van der Waals surface area contributed by atoms with Crippen LogP contribution in [0.2, 0.25) is 0 Å². The predicted octanol–water partition coefficient (Wildman–Crippen LogP) is 1.82. The van der Waals surface area contributed by atoms with E-state index >= 15 is 0 Å². The van der Waals surface area contributed by atoms with Crippen LogP contribution < -0.4 is 15.6 Å². The van der Waals surface area contributed by atoms with Gasteiger partial charge in [-0.25, -0.2) is 0 Å². The lowest BCUT2D eigenvalue weighted by Crippen LogP contribution is -2.16. The van der Waals surface area contributed by atoms with Crippen molar-refractivity contribution in [3.05, 3.63) is 40.3 Å². The summed E-state index contributed by atoms with van der Waals surface area (Å²) in [5, 5.41) is 4.78. The Morgan fingerprint density at radius 2 is 2.12 bits per heavy atom. The van der Waals surface area contributed by atoms with E-state index in [9.17, 15) is 4.79 Å². The Morgan fingerprint density at radius 3 is 2.76 bits per heavy atom. The van der Waals surface area contributed by atoms with Gasteiger partial charge in [-0.2, -0.15) is 0 Å². The van der Waals surface area contributed by atoms with Gasteiger partial charge in [-0.1, -0.05) is 0 Å². The minimum atomic E-state index is -0.0743. The van der Waals surface area contributed by atoms with Crippen molar-refractivity contribution < 1.29 is 4.74 Å². The summed E-state index contributed by atoms with van der Waals surface area (Å²) in [7, 11) is 3.51. The highest BCUT2D eigenvalue weighted by Crippen LogP contribution is 2.24. The van der Waals surface area contributed by atoms with Gasteiger partial charge in [-0.15, -0.1) is 0 Å². The van der Waals surface area contributed by atoms with Crippen molar-refractivity contribution in [3.63, 3.8) is 0 Å². The number of aromatic amines is 1. The number of pyridine rings is 1. The molecule has 1 unspecified atom stereocenters. The Labute approximate surface area is 99.6 Å². The third kappa shape index (κ3) is 2.03. The molecule has 4 nitrogen and oxygen atoms in total. The molecule has 2 rings (SSSR count). The molecule has 0 fully saturated rings. The summed E-state index contributed by atoms with van der Waals surface area (Å²) in [5.41, 5.74) is 0.982. The molecule has 0 saturated heterocycles. The van der Waals surface area contributed by atoms with Crippen LogP contribution in [0.5, 0.6) is 5.75 Å². The molecule has 90 valence electrons. The van der Waals surface area contributed by atoms with E-state index in [1.165, 1.54) is 0 Å². The third-order valence-electron chi connectivity index (χ3n) is 3.04. The highest BCUT2D eigenvalue weighted by Gasteiger charge is 2.10. The van der Waals surface area contributed by atoms with Gasteiger partial charge in [0.15, 0.2) is 0 Å². The molecule has 2 aromatic rings. The molecule has 0 bridgehead atoms. The molecule has 0 aliphatic carbocycles. The monoisotopic (exact) mass is 232 g/mol. The van der Waals surface area contributed by atoms with Crippen LogP contribution in [0, 0.1) is 0 Å². The van der Waals surface area contributed by atoms with Crippen molar-refractivity contribution >= 4 is 10.8 Å². The summed E-state index contributed by atoms with van der Waals surface area (Å²) in [6.45, 7) is 2.05. The van der Waals surface area contributed by atoms with Crippen molar-refractivity contribution in [1.29, 1.82) is 0 Å². The zero-order chi connectivity index (χ0) is 12.4. The summed E-state index contributed by atoms with van der Waals surface area (Å²) in [6, 6.07) is 5.65. The molecule has 0 aliphatic rings. The number of methoxy groups -OCH3 is 1. The molecule has 0 spiro atoms. The molecule has 0 amide bonds. The fourth-order valence-electron chi connectivity index (χ4n) is 1.90. The van der Waals surface area contributed by atoms with Gasteiger partial charge in [0.1, 0.15) is 5.75 Å². The summed E-state index contributed by atoms with van der Waals surface area (Å²) < 4.78 is 5.20. The molecule has 1 aromatic heterocycles. The van der Waals surface area contributed by atoms with Gasteiger partial charge in [-0.05, 0) is 43.1 Å². The van der Waals surface area contributed by atoms with Gasteiger partial charge in [0, 0.05) is 17.6 Å². The smallest absolute Gasteiger partial charge is 0.255 e. The van der Waals surface area contributed by atoms with Crippen molar-refractivity contribution in [1.82, 2.24) is 10.3 Å². The zero-order valence-electron chi connectivity index (χ0n) is 10.2. The van der Waals surface area contributed by atoms with Crippen molar-refractivity contribution in [2.45, 2.75) is 13.0 Å². The largest absolute Gasteiger partial charge is 0.497 e. The van der Waals surface area contributed by atoms with Gasteiger partial charge in [0.25, 0.3) is 5.56 Å². The van der Waals surface area contributed by atoms with Crippen molar-refractivity contribution in [2.75, 3.05) is 14.2 Å². The highest BCUT2D eigenvalue weighted by atomic mass is 16.5. The standard InChI is InChI=1S/C13H16N2O2/c1-8(14-2)12-7-15-13(16)10-5-4-9(17-3)6-11(10)12/h4-8,14H,1-3H3,(H,15,16). The number of aromatic nitrogens is 1. The topological polar surface area (TPSA) is 54.1 Å². The summed E-state index contributed by atoms with van der Waals surface area (Å²) >= 11 is 0. The second kappa shape index (κ2) is 4.59. The summed E-state index contributed by atoms with van der Waals surface area (Å²) in [6.07, 6.45) is 1.76. The Bertz CT molecular complexity index is 589. The zero-order valence-corrected chi connectivity index (χ0v) is 10.2. The number of benzene rings is 1. The van der Waals surface area contributed by atoms with Gasteiger partial charge in [-0.3, -0.25) is 4.79 Å². The first kappa shape index (κ1) is 11.7. The fraction of sp³-hybridized carbons (Fsp3) is 0.308. The number of hydrogen-bond acceptors (Lipinski definition) is 3. The molecule has 1 aromatic carbocycles. The fourth-order valence-corrected chi connectivity index (χ4v) is 1.90. The molecule has 0 radical (unpaired) electrons. The molecule has 1 heterocycles. The number of rotatable bonds is 3.